The van der Waals surface area contributed by atoms with Crippen LogP contribution in [0.3, 0.4) is 0 Å². The molecule has 0 bridgehead atoms. The number of aliphatic imine (C=N–C) groups is 1. The Bertz CT molecular complexity index is 489. The zero-order chi connectivity index (χ0) is 15.4. The van der Waals surface area contributed by atoms with Crippen molar-refractivity contribution in [2.75, 3.05) is 13.1 Å². The molecule has 23 heavy (non-hydrogen) atoms. The Morgan fingerprint density at radius 3 is 1.96 bits per heavy atom. The monoisotopic (exact) mass is 342 g/mol. The summed E-state index contributed by atoms with van der Waals surface area (Å²) in [5.74, 6) is -6.14. The number of hydrogen-bond acceptors (Lipinski definition) is 6. The third-order valence-electron chi connectivity index (χ3n) is 2.74. The van der Waals surface area contributed by atoms with Gasteiger partial charge in [0, 0.05) is 6.54 Å². The predicted molar refractivity (Wildman–Crippen MR) is 72.6 cm³/mol. The van der Waals surface area contributed by atoms with E-state index in [4.69, 9.17) is 20.4 Å². The molecular weight excluding hydrogens is 324 g/mol. The molecule has 0 aromatic carbocycles. The number of rotatable bonds is 6. The lowest BCUT2D eigenvalue weighted by atomic mass is 10.0. The molecule has 0 amide bonds. The average molecular weight is 342 g/mol. The summed E-state index contributed by atoms with van der Waals surface area (Å²) in [7, 11) is 0. The predicted octanol–water partition coefficient (Wildman–Crippen LogP) is -4.27. The summed E-state index contributed by atoms with van der Waals surface area (Å²) in [5.41, 5.74) is -0.708. The minimum Gasteiger partial charge on any atom is -0.481 e. The van der Waals surface area contributed by atoms with Crippen LogP contribution in [0.15, 0.2) is 4.99 Å². The summed E-state index contributed by atoms with van der Waals surface area (Å²) in [6.45, 7) is -0.271. The smallest absolute Gasteiger partial charge is 0.352 e. The molecule has 1 rings (SSSR count). The quantitative estimate of drug-likeness (QED) is 0.363. The fraction of sp³-hybridized carbons (Fsp3) is 0.500. The van der Waals surface area contributed by atoms with Crippen molar-refractivity contribution in [3.8, 4) is 0 Å². The number of carbonyl (C=O) groups is 4. The topological polar surface area (TPSA) is 259 Å². The van der Waals surface area contributed by atoms with E-state index >= 15 is 0 Å². The zero-order valence-corrected chi connectivity index (χ0v) is 11.6. The second kappa shape index (κ2) is 10.2. The highest BCUT2D eigenvalue weighted by atomic mass is 16.4. The maximum absolute atomic E-state index is 11.2. The van der Waals surface area contributed by atoms with Gasteiger partial charge in [-0.1, -0.05) is 0 Å². The van der Waals surface area contributed by atoms with E-state index < -0.39 is 48.1 Å². The molecule has 1 aliphatic rings. The summed E-state index contributed by atoms with van der Waals surface area (Å²) < 4.78 is 0. The fourth-order valence-electron chi connectivity index (χ4n) is 1.95. The molecule has 13 heteroatoms. The molecule has 0 aromatic rings. The van der Waals surface area contributed by atoms with Gasteiger partial charge in [-0.15, -0.1) is 0 Å². The molecule has 134 valence electrons. The molecule has 0 fully saturated rings. The van der Waals surface area contributed by atoms with Crippen molar-refractivity contribution < 1.29 is 56.0 Å². The first-order valence-corrected chi connectivity index (χ1v) is 5.46. The van der Waals surface area contributed by atoms with Crippen molar-refractivity contribution in [3.05, 3.63) is 0 Å². The van der Waals surface area contributed by atoms with Gasteiger partial charge in [0.1, 0.15) is 11.8 Å². The van der Waals surface area contributed by atoms with E-state index in [1.165, 1.54) is 0 Å². The summed E-state index contributed by atoms with van der Waals surface area (Å²) >= 11 is 0. The molecule has 0 radical (unpaired) electrons. The number of nitrogens with zero attached hydrogens (tertiary/aromatic N) is 2. The minimum absolute atomic E-state index is 0. The van der Waals surface area contributed by atoms with Gasteiger partial charge in [-0.2, -0.15) is 0 Å². The second-order valence-corrected chi connectivity index (χ2v) is 4.00. The van der Waals surface area contributed by atoms with E-state index in [-0.39, 0.29) is 29.5 Å². The third kappa shape index (κ3) is 5.95. The normalized spacial score (nSPS) is 18.1. The Hall–Kier alpha value is -2.61. The van der Waals surface area contributed by atoms with E-state index in [2.05, 4.69) is 4.99 Å². The molecular formula is C10H18N2O11. The van der Waals surface area contributed by atoms with Gasteiger partial charge in [-0.3, -0.25) is 24.3 Å². The van der Waals surface area contributed by atoms with Crippen LogP contribution >= 0.6 is 0 Å². The molecule has 0 saturated heterocycles. The lowest BCUT2D eigenvalue weighted by Gasteiger charge is -2.34. The number of aliphatic carboxylic acids is 4. The maximum Gasteiger partial charge on any atom is 0.352 e. The number of hydrogen-bond donors (Lipinski definition) is 4. The van der Waals surface area contributed by atoms with Crippen LogP contribution in [0.5, 0.6) is 0 Å². The van der Waals surface area contributed by atoms with Crippen LogP contribution in [-0.4, -0.2) is 96.5 Å². The highest BCUT2D eigenvalue weighted by Gasteiger charge is 2.43. The summed E-state index contributed by atoms with van der Waals surface area (Å²) in [4.78, 5) is 48.2. The number of carboxylic acids is 4. The molecule has 0 spiro atoms. The fourth-order valence-corrected chi connectivity index (χ4v) is 1.95. The van der Waals surface area contributed by atoms with Gasteiger partial charge in [-0.25, -0.2) is 4.79 Å². The largest absolute Gasteiger partial charge is 0.481 e. The van der Waals surface area contributed by atoms with Crippen LogP contribution in [0.25, 0.3) is 0 Å². The lowest BCUT2D eigenvalue weighted by molar-refractivity contribution is -0.154. The third-order valence-corrected chi connectivity index (χ3v) is 2.74. The molecule has 0 aromatic heterocycles. The molecule has 0 saturated carbocycles. The van der Waals surface area contributed by atoms with E-state index in [0.717, 1.165) is 4.90 Å². The first-order chi connectivity index (χ1) is 9.25. The minimum atomic E-state index is -1.79. The van der Waals surface area contributed by atoms with Crippen molar-refractivity contribution in [1.82, 2.24) is 4.90 Å². The molecule has 0 aliphatic carbocycles. The van der Waals surface area contributed by atoms with Gasteiger partial charge in [0.15, 0.2) is 6.04 Å². The van der Waals surface area contributed by atoms with Gasteiger partial charge in [-0.05, 0) is 0 Å². The average Bonchev–Trinajstić information content (AvgIpc) is 2.34. The van der Waals surface area contributed by atoms with Crippen molar-refractivity contribution in [2.45, 2.75) is 18.5 Å². The van der Waals surface area contributed by atoms with Gasteiger partial charge < -0.3 is 36.9 Å². The van der Waals surface area contributed by atoms with E-state index in [1.54, 1.807) is 0 Å². The van der Waals surface area contributed by atoms with Crippen molar-refractivity contribution in [2.24, 2.45) is 4.99 Å². The lowest BCUT2D eigenvalue weighted by Crippen LogP contribution is -2.59. The Balaban J connectivity index is -0.00000133. The van der Waals surface area contributed by atoms with Crippen LogP contribution in [0.2, 0.25) is 0 Å². The first kappa shape index (κ1) is 25.3. The summed E-state index contributed by atoms with van der Waals surface area (Å²) in [6, 6.07) is -3.43. The Morgan fingerprint density at radius 2 is 1.61 bits per heavy atom. The summed E-state index contributed by atoms with van der Waals surface area (Å²) in [5, 5.41) is 35.7. The second-order valence-electron chi connectivity index (χ2n) is 4.00. The van der Waals surface area contributed by atoms with Gasteiger partial charge in [0.2, 0.25) is 0 Å². The van der Waals surface area contributed by atoms with Crippen molar-refractivity contribution in [3.63, 3.8) is 0 Å². The Kier molecular flexibility index (Phi) is 11.2. The zero-order valence-electron chi connectivity index (χ0n) is 11.6. The summed E-state index contributed by atoms with van der Waals surface area (Å²) in [6.07, 6.45) is -0.841. The van der Waals surface area contributed by atoms with E-state index in [1.807, 2.05) is 0 Å². The SMILES string of the molecule is O.O.O.O=C(O)C[C@@H](C(=O)O)N1CCN=C(C(=O)O)[C@H]1C(=O)O. The molecule has 13 nitrogen and oxygen atoms in total. The van der Waals surface area contributed by atoms with Crippen LogP contribution in [0.4, 0.5) is 0 Å². The van der Waals surface area contributed by atoms with Crippen molar-refractivity contribution >= 4 is 29.6 Å². The van der Waals surface area contributed by atoms with Crippen LogP contribution in [0.1, 0.15) is 6.42 Å². The maximum atomic E-state index is 11.2. The Labute approximate surface area is 128 Å². The van der Waals surface area contributed by atoms with Gasteiger partial charge >= 0.3 is 23.9 Å². The number of carboxylic acid groups (broad SMARTS) is 4. The van der Waals surface area contributed by atoms with Crippen molar-refractivity contribution in [1.29, 1.82) is 0 Å². The molecule has 1 heterocycles. The van der Waals surface area contributed by atoms with Crippen LogP contribution in [-0.2, 0) is 19.2 Å². The molecule has 1 aliphatic heterocycles. The highest BCUT2D eigenvalue weighted by molar-refractivity contribution is 6.41. The molecule has 10 N–H and O–H groups in total. The molecule has 2 atom stereocenters. The van der Waals surface area contributed by atoms with Crippen LogP contribution in [0, 0.1) is 0 Å². The molecule has 0 unspecified atom stereocenters. The Morgan fingerprint density at radius 1 is 1.09 bits per heavy atom. The van der Waals surface area contributed by atoms with Gasteiger partial charge in [0.25, 0.3) is 0 Å². The standard InChI is InChI=1S/C10H12N2O8.3H2O/c13-5(14)3-4(8(15)16)12-2-1-11-6(9(17)18)7(12)10(19)20;;;/h4,7H,1-3H2,(H,13,14)(H,15,16)(H,17,18)(H,19,20);3*1H2/t4-,7-;;;/m0.../s1. The van der Waals surface area contributed by atoms with Gasteiger partial charge in [0.05, 0.1) is 13.0 Å². The van der Waals surface area contributed by atoms with Crippen LogP contribution < -0.4 is 0 Å². The highest BCUT2D eigenvalue weighted by Crippen LogP contribution is 2.16. The first-order valence-electron chi connectivity index (χ1n) is 5.46. The van der Waals surface area contributed by atoms with E-state index in [9.17, 15) is 19.2 Å². The van der Waals surface area contributed by atoms with E-state index in [0.29, 0.717) is 0 Å².